The van der Waals surface area contributed by atoms with Crippen LogP contribution in [0.1, 0.15) is 33.1 Å². The van der Waals surface area contributed by atoms with Gasteiger partial charge < -0.3 is 19.8 Å². The molecule has 0 atom stereocenters. The summed E-state index contributed by atoms with van der Waals surface area (Å²) >= 11 is 0. The first-order valence-electron chi connectivity index (χ1n) is 7.14. The van der Waals surface area contributed by atoms with Crippen LogP contribution in [0.5, 0.6) is 0 Å². The van der Waals surface area contributed by atoms with E-state index in [4.69, 9.17) is 5.11 Å². The molecule has 0 radical (unpaired) electrons. The fourth-order valence-electron chi connectivity index (χ4n) is 1.91. The van der Waals surface area contributed by atoms with Crippen molar-refractivity contribution in [3.05, 3.63) is 0 Å². The van der Waals surface area contributed by atoms with Gasteiger partial charge in [0.1, 0.15) is 0 Å². The number of rotatable bonds is 9. The molecule has 0 saturated heterocycles. The zero-order valence-corrected chi connectivity index (χ0v) is 13.4. The van der Waals surface area contributed by atoms with Gasteiger partial charge in [-0.3, -0.25) is 4.79 Å². The Kier molecular flexibility index (Phi) is 8.96. The van der Waals surface area contributed by atoms with Gasteiger partial charge in [0.15, 0.2) is 0 Å². The van der Waals surface area contributed by atoms with E-state index in [2.05, 4.69) is 4.90 Å². The van der Waals surface area contributed by atoms with Crippen LogP contribution in [-0.4, -0.2) is 78.6 Å². The number of carboxylic acids is 1. The molecule has 0 aromatic carbocycles. The van der Waals surface area contributed by atoms with Crippen LogP contribution in [0.2, 0.25) is 0 Å². The monoisotopic (exact) mass is 287 g/mol. The maximum Gasteiger partial charge on any atom is 0.319 e. The van der Waals surface area contributed by atoms with Gasteiger partial charge >= 0.3 is 12.0 Å². The van der Waals surface area contributed by atoms with Crippen molar-refractivity contribution >= 4 is 12.0 Å². The molecule has 118 valence electrons. The lowest BCUT2D eigenvalue weighted by Gasteiger charge is -2.31. The van der Waals surface area contributed by atoms with Gasteiger partial charge in [-0.05, 0) is 47.3 Å². The third-order valence-corrected chi connectivity index (χ3v) is 3.08. The molecule has 0 aromatic rings. The summed E-state index contributed by atoms with van der Waals surface area (Å²) in [5, 5.41) is 8.66. The van der Waals surface area contributed by atoms with Crippen molar-refractivity contribution < 1.29 is 14.7 Å². The Morgan fingerprint density at radius 2 is 1.60 bits per heavy atom. The van der Waals surface area contributed by atoms with Gasteiger partial charge in [0, 0.05) is 32.6 Å². The first-order chi connectivity index (χ1) is 9.25. The molecule has 0 aliphatic rings. The quantitative estimate of drug-likeness (QED) is 0.699. The minimum atomic E-state index is -0.819. The van der Waals surface area contributed by atoms with E-state index in [-0.39, 0.29) is 18.5 Å². The average Bonchev–Trinajstić information content (AvgIpc) is 2.32. The third kappa shape index (κ3) is 7.99. The number of amides is 2. The van der Waals surface area contributed by atoms with Crippen molar-refractivity contribution in [3.63, 3.8) is 0 Å². The third-order valence-electron chi connectivity index (χ3n) is 3.08. The van der Waals surface area contributed by atoms with E-state index in [9.17, 15) is 9.59 Å². The summed E-state index contributed by atoms with van der Waals surface area (Å²) in [5.74, 6) is -0.819. The molecule has 0 aromatic heterocycles. The van der Waals surface area contributed by atoms with Gasteiger partial charge in [-0.25, -0.2) is 4.79 Å². The van der Waals surface area contributed by atoms with Crippen molar-refractivity contribution in [2.75, 3.05) is 40.8 Å². The Labute approximate surface area is 122 Å². The highest BCUT2D eigenvalue weighted by molar-refractivity contribution is 5.74. The molecule has 0 bridgehead atoms. The predicted molar refractivity (Wildman–Crippen MR) is 79.9 cm³/mol. The van der Waals surface area contributed by atoms with Crippen molar-refractivity contribution in [3.8, 4) is 0 Å². The number of carbonyl (C=O) groups is 2. The second-order valence-electron chi connectivity index (χ2n) is 5.65. The maximum absolute atomic E-state index is 12.3. The molecular formula is C14H29N3O3. The molecule has 0 aliphatic carbocycles. The normalized spacial score (nSPS) is 10.9. The SMILES string of the molecule is CC(C)N(CCCC(=O)O)C(=O)N(C)CCCN(C)C. The molecule has 0 spiro atoms. The summed E-state index contributed by atoms with van der Waals surface area (Å²) in [4.78, 5) is 28.4. The summed E-state index contributed by atoms with van der Waals surface area (Å²) in [6, 6.07) is 0.0525. The smallest absolute Gasteiger partial charge is 0.319 e. The van der Waals surface area contributed by atoms with Crippen LogP contribution in [0.15, 0.2) is 0 Å². The number of nitrogens with zero attached hydrogens (tertiary/aromatic N) is 3. The molecule has 2 amide bonds. The zero-order chi connectivity index (χ0) is 15.7. The van der Waals surface area contributed by atoms with Crippen LogP contribution in [0.3, 0.4) is 0 Å². The molecule has 0 rings (SSSR count). The van der Waals surface area contributed by atoms with E-state index in [0.717, 1.165) is 13.0 Å². The molecule has 1 N–H and O–H groups in total. The number of aliphatic carboxylic acids is 1. The van der Waals surface area contributed by atoms with E-state index >= 15 is 0 Å². The number of carboxylic acid groups (broad SMARTS) is 1. The number of urea groups is 1. The lowest BCUT2D eigenvalue weighted by atomic mass is 10.2. The van der Waals surface area contributed by atoms with Crippen molar-refractivity contribution in [2.45, 2.75) is 39.2 Å². The van der Waals surface area contributed by atoms with Crippen molar-refractivity contribution in [1.29, 1.82) is 0 Å². The standard InChI is InChI=1S/C14H29N3O3/c1-12(2)17(11-6-8-13(18)19)14(20)16(5)10-7-9-15(3)4/h12H,6-11H2,1-5H3,(H,18,19). The Hall–Kier alpha value is -1.30. The summed E-state index contributed by atoms with van der Waals surface area (Å²) < 4.78 is 0. The second kappa shape index (κ2) is 9.58. The Balaban J connectivity index is 4.29. The topological polar surface area (TPSA) is 64.1 Å². The number of hydrogen-bond donors (Lipinski definition) is 1. The summed E-state index contributed by atoms with van der Waals surface area (Å²) in [5.41, 5.74) is 0. The highest BCUT2D eigenvalue weighted by Gasteiger charge is 2.20. The molecule has 0 heterocycles. The summed E-state index contributed by atoms with van der Waals surface area (Å²) in [6.07, 6.45) is 1.52. The molecule has 20 heavy (non-hydrogen) atoms. The molecule has 0 aliphatic heterocycles. The van der Waals surface area contributed by atoms with Gasteiger partial charge in [0.05, 0.1) is 0 Å². The highest BCUT2D eigenvalue weighted by Crippen LogP contribution is 2.06. The molecule has 0 saturated carbocycles. The van der Waals surface area contributed by atoms with Crippen LogP contribution < -0.4 is 0 Å². The molecule has 6 heteroatoms. The Morgan fingerprint density at radius 3 is 2.05 bits per heavy atom. The summed E-state index contributed by atoms with van der Waals surface area (Å²) in [6.45, 7) is 6.04. The van der Waals surface area contributed by atoms with E-state index in [0.29, 0.717) is 19.5 Å². The van der Waals surface area contributed by atoms with Crippen molar-refractivity contribution in [2.24, 2.45) is 0 Å². The fraction of sp³-hybridized carbons (Fsp3) is 0.857. The van der Waals surface area contributed by atoms with Gasteiger partial charge in [0.2, 0.25) is 0 Å². The highest BCUT2D eigenvalue weighted by atomic mass is 16.4. The van der Waals surface area contributed by atoms with E-state index < -0.39 is 5.97 Å². The Bertz CT molecular complexity index is 306. The van der Waals surface area contributed by atoms with Crippen LogP contribution in [0.25, 0.3) is 0 Å². The molecule has 0 unspecified atom stereocenters. The zero-order valence-electron chi connectivity index (χ0n) is 13.4. The van der Waals surface area contributed by atoms with E-state index in [1.807, 2.05) is 27.9 Å². The number of hydrogen-bond acceptors (Lipinski definition) is 3. The molecule has 6 nitrogen and oxygen atoms in total. The lowest BCUT2D eigenvalue weighted by Crippen LogP contribution is -2.46. The first-order valence-corrected chi connectivity index (χ1v) is 7.14. The van der Waals surface area contributed by atoms with Crippen LogP contribution in [-0.2, 0) is 4.79 Å². The largest absolute Gasteiger partial charge is 0.481 e. The predicted octanol–water partition coefficient (Wildman–Crippen LogP) is 1.57. The fourth-order valence-corrected chi connectivity index (χ4v) is 1.91. The average molecular weight is 287 g/mol. The maximum atomic E-state index is 12.3. The molecule has 0 fully saturated rings. The minimum absolute atomic E-state index is 0.0239. The lowest BCUT2D eigenvalue weighted by molar-refractivity contribution is -0.137. The van der Waals surface area contributed by atoms with Crippen molar-refractivity contribution in [1.82, 2.24) is 14.7 Å². The van der Waals surface area contributed by atoms with Gasteiger partial charge in [0.25, 0.3) is 0 Å². The second-order valence-corrected chi connectivity index (χ2v) is 5.65. The van der Waals surface area contributed by atoms with E-state index in [1.54, 1.807) is 16.8 Å². The molecular weight excluding hydrogens is 258 g/mol. The minimum Gasteiger partial charge on any atom is -0.481 e. The van der Waals surface area contributed by atoms with Crippen LogP contribution in [0.4, 0.5) is 4.79 Å². The van der Waals surface area contributed by atoms with E-state index in [1.165, 1.54) is 0 Å². The van der Waals surface area contributed by atoms with Gasteiger partial charge in [-0.1, -0.05) is 0 Å². The first kappa shape index (κ1) is 18.7. The van der Waals surface area contributed by atoms with Crippen LogP contribution in [0, 0.1) is 0 Å². The van der Waals surface area contributed by atoms with Gasteiger partial charge in [-0.2, -0.15) is 0 Å². The Morgan fingerprint density at radius 1 is 1.00 bits per heavy atom. The van der Waals surface area contributed by atoms with Gasteiger partial charge in [-0.15, -0.1) is 0 Å². The summed E-state index contributed by atoms with van der Waals surface area (Å²) in [7, 11) is 5.81. The van der Waals surface area contributed by atoms with Crippen LogP contribution >= 0.6 is 0 Å². The number of carbonyl (C=O) groups excluding carboxylic acids is 1.